The average Bonchev–Trinajstić information content (AvgIpc) is 2.72. The van der Waals surface area contributed by atoms with E-state index in [1.807, 2.05) is 67.6 Å². The number of anilines is 1. The third-order valence-electron chi connectivity index (χ3n) is 4.27. The van der Waals surface area contributed by atoms with Crippen LogP contribution in [0.2, 0.25) is 5.02 Å². The first kappa shape index (κ1) is 17.9. The Bertz CT molecular complexity index is 1160. The van der Waals surface area contributed by atoms with Crippen LogP contribution in [-0.2, 0) is 0 Å². The summed E-state index contributed by atoms with van der Waals surface area (Å²) in [6.45, 7) is 1.94. The van der Waals surface area contributed by atoms with Gasteiger partial charge in [0.05, 0.1) is 11.2 Å². The van der Waals surface area contributed by atoms with Crippen molar-refractivity contribution >= 4 is 34.4 Å². The molecule has 2 N–H and O–H groups in total. The van der Waals surface area contributed by atoms with Gasteiger partial charge in [-0.15, -0.1) is 0 Å². The summed E-state index contributed by atoms with van der Waals surface area (Å²) >= 11 is 6.17. The highest BCUT2D eigenvalue weighted by Crippen LogP contribution is 2.29. The minimum Gasteiger partial charge on any atom is -0.267 e. The van der Waals surface area contributed by atoms with Crippen LogP contribution >= 0.6 is 11.6 Å². The van der Waals surface area contributed by atoms with Crippen molar-refractivity contribution < 1.29 is 4.79 Å². The molecule has 1 amide bonds. The summed E-state index contributed by atoms with van der Waals surface area (Å²) < 4.78 is 0. The molecule has 1 aromatic heterocycles. The first-order valence-electron chi connectivity index (χ1n) is 8.76. The zero-order valence-corrected chi connectivity index (χ0v) is 15.9. The molecule has 0 unspecified atom stereocenters. The van der Waals surface area contributed by atoms with Gasteiger partial charge in [-0.2, -0.15) is 0 Å². The molecule has 0 saturated carbocycles. The number of benzene rings is 3. The van der Waals surface area contributed by atoms with E-state index in [9.17, 15) is 4.79 Å². The predicted octanol–water partition coefficient (Wildman–Crippen LogP) is 5.02. The minimum atomic E-state index is -0.259. The van der Waals surface area contributed by atoms with Crippen molar-refractivity contribution in [2.45, 2.75) is 6.92 Å². The molecule has 0 aliphatic carbocycles. The number of carbonyl (C=O) groups is 1. The van der Waals surface area contributed by atoms with Crippen LogP contribution in [-0.4, -0.2) is 15.9 Å². The topological polar surface area (TPSA) is 66.9 Å². The molecule has 0 spiro atoms. The molecule has 6 heteroatoms. The SMILES string of the molecule is Cc1cccc(C(=O)NNc2nc(-c3ccccc3)c3cc(Cl)ccc3n2)c1. The van der Waals surface area contributed by atoms with Crippen LogP contribution in [0.5, 0.6) is 0 Å². The summed E-state index contributed by atoms with van der Waals surface area (Å²) in [5, 5.41) is 1.45. The number of halogens is 1. The van der Waals surface area contributed by atoms with Crippen molar-refractivity contribution in [2.75, 3.05) is 5.43 Å². The third-order valence-corrected chi connectivity index (χ3v) is 4.51. The Kier molecular flexibility index (Phi) is 4.91. The monoisotopic (exact) mass is 388 g/mol. The van der Waals surface area contributed by atoms with E-state index in [1.54, 1.807) is 12.1 Å². The number of hydrogen-bond donors (Lipinski definition) is 2. The standard InChI is InChI=1S/C22H17ClN4O/c1-14-6-5-9-16(12-14)21(28)26-27-22-24-19-11-10-17(23)13-18(19)20(25-22)15-7-3-2-4-8-15/h2-13H,1H3,(H,26,28)(H,24,25,27). The maximum Gasteiger partial charge on any atom is 0.269 e. The van der Waals surface area contributed by atoms with Gasteiger partial charge in [-0.1, -0.05) is 59.6 Å². The molecule has 0 aliphatic heterocycles. The Morgan fingerprint density at radius 3 is 2.54 bits per heavy atom. The molecule has 0 aliphatic rings. The highest BCUT2D eigenvalue weighted by atomic mass is 35.5. The van der Waals surface area contributed by atoms with Crippen LogP contribution in [0.3, 0.4) is 0 Å². The van der Waals surface area contributed by atoms with Crippen molar-refractivity contribution in [3.05, 3.63) is 88.9 Å². The van der Waals surface area contributed by atoms with Crippen LogP contribution in [0, 0.1) is 6.92 Å². The largest absolute Gasteiger partial charge is 0.269 e. The Hall–Kier alpha value is -3.44. The van der Waals surface area contributed by atoms with E-state index in [4.69, 9.17) is 11.6 Å². The second-order valence-corrected chi connectivity index (χ2v) is 6.81. The van der Waals surface area contributed by atoms with Gasteiger partial charge in [0.2, 0.25) is 5.95 Å². The van der Waals surface area contributed by atoms with E-state index < -0.39 is 0 Å². The van der Waals surface area contributed by atoms with Crippen LogP contribution in [0.1, 0.15) is 15.9 Å². The Labute approximate surface area is 167 Å². The lowest BCUT2D eigenvalue weighted by molar-refractivity contribution is 0.0962. The Morgan fingerprint density at radius 2 is 1.75 bits per heavy atom. The Morgan fingerprint density at radius 1 is 0.929 bits per heavy atom. The highest BCUT2D eigenvalue weighted by molar-refractivity contribution is 6.31. The molecule has 0 radical (unpaired) electrons. The summed E-state index contributed by atoms with van der Waals surface area (Å²) in [6.07, 6.45) is 0. The van der Waals surface area contributed by atoms with E-state index in [0.717, 1.165) is 27.7 Å². The zero-order chi connectivity index (χ0) is 19.5. The molecule has 4 rings (SSSR count). The van der Waals surface area contributed by atoms with E-state index in [2.05, 4.69) is 20.8 Å². The lowest BCUT2D eigenvalue weighted by Crippen LogP contribution is -2.30. The van der Waals surface area contributed by atoms with Crippen molar-refractivity contribution in [3.63, 3.8) is 0 Å². The first-order chi connectivity index (χ1) is 13.6. The highest BCUT2D eigenvalue weighted by Gasteiger charge is 2.12. The van der Waals surface area contributed by atoms with Gasteiger partial charge in [0.15, 0.2) is 0 Å². The number of hydrogen-bond acceptors (Lipinski definition) is 4. The predicted molar refractivity (Wildman–Crippen MR) is 112 cm³/mol. The van der Waals surface area contributed by atoms with Crippen molar-refractivity contribution in [1.29, 1.82) is 0 Å². The van der Waals surface area contributed by atoms with Crippen molar-refractivity contribution in [3.8, 4) is 11.3 Å². The van der Waals surface area contributed by atoms with Gasteiger partial charge in [-0.3, -0.25) is 15.6 Å². The van der Waals surface area contributed by atoms with Gasteiger partial charge in [-0.05, 0) is 37.3 Å². The molecule has 1 heterocycles. The van der Waals surface area contributed by atoms with E-state index >= 15 is 0 Å². The second-order valence-electron chi connectivity index (χ2n) is 6.37. The van der Waals surface area contributed by atoms with E-state index in [1.165, 1.54) is 0 Å². The number of aromatic nitrogens is 2. The molecular weight excluding hydrogens is 372 g/mol. The van der Waals surface area contributed by atoms with Gasteiger partial charge in [0.25, 0.3) is 5.91 Å². The fraction of sp³-hybridized carbons (Fsp3) is 0.0455. The molecule has 0 atom stereocenters. The molecule has 0 fully saturated rings. The van der Waals surface area contributed by atoms with Crippen molar-refractivity contribution in [1.82, 2.24) is 15.4 Å². The number of nitrogens with one attached hydrogen (secondary N) is 2. The van der Waals surface area contributed by atoms with Crippen LogP contribution in [0.4, 0.5) is 5.95 Å². The van der Waals surface area contributed by atoms with Crippen molar-refractivity contribution in [2.24, 2.45) is 0 Å². The molecule has 0 saturated heterocycles. The summed E-state index contributed by atoms with van der Waals surface area (Å²) in [7, 11) is 0. The molecule has 5 nitrogen and oxygen atoms in total. The smallest absolute Gasteiger partial charge is 0.267 e. The normalized spacial score (nSPS) is 10.6. The average molecular weight is 389 g/mol. The summed E-state index contributed by atoms with van der Waals surface area (Å²) in [6, 6.07) is 22.6. The molecule has 3 aromatic carbocycles. The van der Waals surface area contributed by atoms with Crippen LogP contribution in [0.25, 0.3) is 22.2 Å². The van der Waals surface area contributed by atoms with E-state index in [-0.39, 0.29) is 5.91 Å². The fourth-order valence-electron chi connectivity index (χ4n) is 2.94. The number of fused-ring (bicyclic) bond motifs is 1. The van der Waals surface area contributed by atoms with Gasteiger partial charge >= 0.3 is 0 Å². The van der Waals surface area contributed by atoms with Gasteiger partial charge < -0.3 is 0 Å². The third kappa shape index (κ3) is 3.80. The van der Waals surface area contributed by atoms with Crippen LogP contribution < -0.4 is 10.9 Å². The van der Waals surface area contributed by atoms with Gasteiger partial charge in [-0.25, -0.2) is 9.97 Å². The van der Waals surface area contributed by atoms with E-state index in [0.29, 0.717) is 16.5 Å². The molecular formula is C22H17ClN4O. The fourth-order valence-corrected chi connectivity index (χ4v) is 3.12. The lowest BCUT2D eigenvalue weighted by Gasteiger charge is -2.12. The maximum absolute atomic E-state index is 12.4. The number of amides is 1. The zero-order valence-electron chi connectivity index (χ0n) is 15.1. The number of nitrogens with zero attached hydrogens (tertiary/aromatic N) is 2. The summed E-state index contributed by atoms with van der Waals surface area (Å²) in [5.74, 6) is 0.0412. The number of hydrazine groups is 1. The minimum absolute atomic E-state index is 0.259. The van der Waals surface area contributed by atoms with Gasteiger partial charge in [0.1, 0.15) is 0 Å². The molecule has 0 bridgehead atoms. The maximum atomic E-state index is 12.4. The number of aryl methyl sites for hydroxylation is 1. The molecule has 138 valence electrons. The number of rotatable bonds is 4. The van der Waals surface area contributed by atoms with Gasteiger partial charge in [0, 0.05) is 21.5 Å². The summed E-state index contributed by atoms with van der Waals surface area (Å²) in [5.41, 5.74) is 9.45. The summed E-state index contributed by atoms with van der Waals surface area (Å²) in [4.78, 5) is 21.5. The lowest BCUT2D eigenvalue weighted by atomic mass is 10.1. The molecule has 4 aromatic rings. The molecule has 28 heavy (non-hydrogen) atoms. The first-order valence-corrected chi connectivity index (χ1v) is 9.14. The quantitative estimate of drug-likeness (QED) is 0.482. The Balaban J connectivity index is 1.68. The number of carbonyl (C=O) groups excluding carboxylic acids is 1. The second kappa shape index (κ2) is 7.66. The van der Waals surface area contributed by atoms with Crippen LogP contribution in [0.15, 0.2) is 72.8 Å².